The molecule has 1 aromatic carbocycles. The van der Waals surface area contributed by atoms with Crippen LogP contribution in [-0.4, -0.2) is 58.8 Å². The Balaban J connectivity index is 1.68. The predicted octanol–water partition coefficient (Wildman–Crippen LogP) is 3.13. The van der Waals surface area contributed by atoms with Gasteiger partial charge in [-0.1, -0.05) is 0 Å². The molecule has 8 nitrogen and oxygen atoms in total. The third-order valence-corrected chi connectivity index (χ3v) is 4.31. The number of methoxy groups -OCH3 is 1. The number of esters is 1. The summed E-state index contributed by atoms with van der Waals surface area (Å²) in [6, 6.07) is 3.41. The van der Waals surface area contributed by atoms with Crippen LogP contribution in [-0.2, 0) is 9.47 Å². The number of amides is 1. The minimum atomic E-state index is -0.515. The van der Waals surface area contributed by atoms with E-state index in [9.17, 15) is 9.59 Å². The summed E-state index contributed by atoms with van der Waals surface area (Å²) in [5.74, 6) is -0.0233. The van der Waals surface area contributed by atoms with Gasteiger partial charge in [-0.2, -0.15) is 0 Å². The number of nitrogens with one attached hydrogen (secondary N) is 1. The fraction of sp³-hybridized carbons (Fsp3) is 0.526. The number of carbonyl (C=O) groups is 2. The van der Waals surface area contributed by atoms with Crippen LogP contribution in [0, 0.1) is 0 Å². The number of benzene rings is 1. The van der Waals surface area contributed by atoms with Crippen molar-refractivity contribution in [3.05, 3.63) is 24.0 Å². The van der Waals surface area contributed by atoms with E-state index in [0.717, 1.165) is 5.52 Å². The highest BCUT2D eigenvalue weighted by molar-refractivity contribution is 5.96. The van der Waals surface area contributed by atoms with E-state index in [2.05, 4.69) is 9.97 Å². The molecule has 1 N–H and O–H groups in total. The van der Waals surface area contributed by atoms with Crippen molar-refractivity contribution in [2.45, 2.75) is 45.3 Å². The largest absolute Gasteiger partial charge is 0.489 e. The molecule has 0 aliphatic carbocycles. The summed E-state index contributed by atoms with van der Waals surface area (Å²) in [5, 5.41) is 0. The summed E-state index contributed by atoms with van der Waals surface area (Å²) in [5.41, 5.74) is 1.29. The molecule has 1 aromatic heterocycles. The van der Waals surface area contributed by atoms with E-state index in [1.807, 2.05) is 20.8 Å². The number of fused-ring (bicyclic) bond motifs is 1. The highest BCUT2D eigenvalue weighted by atomic mass is 16.6. The third kappa shape index (κ3) is 4.50. The van der Waals surface area contributed by atoms with Gasteiger partial charge in [-0.15, -0.1) is 0 Å². The summed E-state index contributed by atoms with van der Waals surface area (Å²) in [6.45, 7) is 6.62. The molecule has 1 aliphatic heterocycles. The Bertz CT molecular complexity index is 831. The van der Waals surface area contributed by atoms with Gasteiger partial charge >= 0.3 is 12.1 Å². The van der Waals surface area contributed by atoms with Gasteiger partial charge in [0.25, 0.3) is 0 Å². The smallest absolute Gasteiger partial charge is 0.410 e. The molecular weight excluding hydrogens is 350 g/mol. The zero-order valence-corrected chi connectivity index (χ0v) is 16.1. The Morgan fingerprint density at radius 1 is 1.22 bits per heavy atom. The lowest BCUT2D eigenvalue weighted by atomic mass is 10.1. The van der Waals surface area contributed by atoms with Crippen LogP contribution in [0.4, 0.5) is 4.79 Å². The maximum atomic E-state index is 12.2. The van der Waals surface area contributed by atoms with Crippen molar-refractivity contribution in [2.75, 3.05) is 20.2 Å². The number of hydrogen-bond donors (Lipinski definition) is 1. The topological polar surface area (TPSA) is 93.8 Å². The number of aromatic nitrogens is 2. The summed E-state index contributed by atoms with van der Waals surface area (Å²) >= 11 is 0. The predicted molar refractivity (Wildman–Crippen MR) is 98.9 cm³/mol. The number of aromatic amines is 1. The molecule has 1 aliphatic rings. The van der Waals surface area contributed by atoms with Crippen LogP contribution >= 0.6 is 0 Å². The normalized spacial score (nSPS) is 15.6. The second kappa shape index (κ2) is 7.46. The van der Waals surface area contributed by atoms with Crippen LogP contribution < -0.4 is 4.74 Å². The lowest BCUT2D eigenvalue weighted by molar-refractivity contribution is 0.0126. The van der Waals surface area contributed by atoms with Gasteiger partial charge in [0, 0.05) is 32.0 Å². The van der Waals surface area contributed by atoms with Crippen LogP contribution in [0.2, 0.25) is 0 Å². The molecule has 2 aromatic rings. The minimum Gasteiger partial charge on any atom is -0.489 e. The Morgan fingerprint density at radius 2 is 1.93 bits per heavy atom. The summed E-state index contributed by atoms with van der Waals surface area (Å²) < 4.78 is 16.4. The first kappa shape index (κ1) is 19.0. The number of nitrogens with zero attached hydrogens (tertiary/aromatic N) is 2. The molecule has 1 amide bonds. The second-order valence-corrected chi connectivity index (χ2v) is 7.54. The van der Waals surface area contributed by atoms with Gasteiger partial charge < -0.3 is 24.1 Å². The number of H-pyrrole nitrogens is 1. The third-order valence-electron chi connectivity index (χ3n) is 4.31. The van der Waals surface area contributed by atoms with Gasteiger partial charge in [0.1, 0.15) is 23.0 Å². The maximum absolute atomic E-state index is 12.2. The van der Waals surface area contributed by atoms with Crippen molar-refractivity contribution in [1.29, 1.82) is 0 Å². The van der Waals surface area contributed by atoms with Crippen LogP contribution in [0.1, 0.15) is 44.0 Å². The monoisotopic (exact) mass is 375 g/mol. The van der Waals surface area contributed by atoms with Gasteiger partial charge in [-0.3, -0.25) is 0 Å². The van der Waals surface area contributed by atoms with Crippen molar-refractivity contribution in [3.8, 4) is 5.75 Å². The molecule has 0 radical (unpaired) electrons. The van der Waals surface area contributed by atoms with Crippen LogP contribution in [0.3, 0.4) is 0 Å². The molecule has 0 atom stereocenters. The average molecular weight is 375 g/mol. The van der Waals surface area contributed by atoms with Crippen LogP contribution in [0.15, 0.2) is 18.5 Å². The number of imidazole rings is 1. The molecule has 0 unspecified atom stereocenters. The molecular formula is C19H25N3O5. The molecule has 1 fully saturated rings. The van der Waals surface area contributed by atoms with Crippen molar-refractivity contribution in [1.82, 2.24) is 14.9 Å². The SMILES string of the molecule is COC(=O)c1cc2[nH]cnc2cc1OC1CCN(C(=O)OC(C)(C)C)CC1. The first-order chi connectivity index (χ1) is 12.8. The Hall–Kier alpha value is -2.77. The van der Waals surface area contributed by atoms with E-state index in [1.165, 1.54) is 7.11 Å². The first-order valence-corrected chi connectivity index (χ1v) is 8.97. The second-order valence-electron chi connectivity index (χ2n) is 7.54. The number of carbonyl (C=O) groups excluding carboxylic acids is 2. The molecule has 0 bridgehead atoms. The van der Waals surface area contributed by atoms with Gasteiger partial charge in [0.05, 0.1) is 24.5 Å². The fourth-order valence-electron chi connectivity index (χ4n) is 2.99. The highest BCUT2D eigenvalue weighted by Gasteiger charge is 2.28. The highest BCUT2D eigenvalue weighted by Crippen LogP contribution is 2.28. The zero-order chi connectivity index (χ0) is 19.6. The average Bonchev–Trinajstić information content (AvgIpc) is 3.07. The quantitative estimate of drug-likeness (QED) is 0.829. The Morgan fingerprint density at radius 3 is 2.56 bits per heavy atom. The molecule has 2 heterocycles. The van der Waals surface area contributed by atoms with E-state index in [4.69, 9.17) is 14.2 Å². The standard InChI is InChI=1S/C19H25N3O5/c1-19(2,3)27-18(24)22-7-5-12(6-8-22)26-16-10-15-14(20-11-21-15)9-13(16)17(23)25-4/h9-12H,5-8H2,1-4H3,(H,20,21). The lowest BCUT2D eigenvalue weighted by Crippen LogP contribution is -2.44. The number of hydrogen-bond acceptors (Lipinski definition) is 6. The molecule has 3 rings (SSSR count). The molecule has 0 spiro atoms. The fourth-order valence-corrected chi connectivity index (χ4v) is 2.99. The Kier molecular flexibility index (Phi) is 5.25. The molecule has 1 saturated heterocycles. The molecule has 27 heavy (non-hydrogen) atoms. The zero-order valence-electron chi connectivity index (χ0n) is 16.1. The van der Waals surface area contributed by atoms with E-state index in [-0.39, 0.29) is 12.2 Å². The summed E-state index contributed by atoms with van der Waals surface area (Å²) in [4.78, 5) is 33.1. The van der Waals surface area contributed by atoms with Crippen molar-refractivity contribution in [2.24, 2.45) is 0 Å². The number of piperidine rings is 1. The number of ether oxygens (including phenoxy) is 3. The lowest BCUT2D eigenvalue weighted by Gasteiger charge is -2.33. The molecule has 146 valence electrons. The first-order valence-electron chi connectivity index (χ1n) is 8.97. The summed E-state index contributed by atoms with van der Waals surface area (Å²) in [6.07, 6.45) is 2.45. The molecule has 8 heteroatoms. The van der Waals surface area contributed by atoms with Gasteiger partial charge in [0.2, 0.25) is 0 Å². The van der Waals surface area contributed by atoms with Crippen molar-refractivity contribution >= 4 is 23.1 Å². The van der Waals surface area contributed by atoms with E-state index in [0.29, 0.717) is 42.8 Å². The number of rotatable bonds is 3. The van der Waals surface area contributed by atoms with Crippen LogP contribution in [0.25, 0.3) is 11.0 Å². The van der Waals surface area contributed by atoms with Crippen LogP contribution in [0.5, 0.6) is 5.75 Å². The van der Waals surface area contributed by atoms with E-state index >= 15 is 0 Å². The van der Waals surface area contributed by atoms with Gasteiger partial charge in [-0.25, -0.2) is 14.6 Å². The van der Waals surface area contributed by atoms with Gasteiger partial charge in [-0.05, 0) is 26.8 Å². The van der Waals surface area contributed by atoms with E-state index in [1.54, 1.807) is 23.4 Å². The minimum absolute atomic E-state index is 0.108. The van der Waals surface area contributed by atoms with E-state index < -0.39 is 11.6 Å². The number of likely N-dealkylation sites (tertiary alicyclic amines) is 1. The van der Waals surface area contributed by atoms with Crippen molar-refractivity contribution in [3.63, 3.8) is 0 Å². The van der Waals surface area contributed by atoms with Gasteiger partial charge in [0.15, 0.2) is 0 Å². The maximum Gasteiger partial charge on any atom is 0.410 e. The molecule has 0 saturated carbocycles. The van der Waals surface area contributed by atoms with Crippen molar-refractivity contribution < 1.29 is 23.8 Å². The Labute approximate surface area is 157 Å². The summed E-state index contributed by atoms with van der Waals surface area (Å²) in [7, 11) is 1.34.